The molecule has 1 amide bonds. The van der Waals surface area contributed by atoms with E-state index in [1.54, 1.807) is 6.07 Å². The molecule has 3 nitrogen and oxygen atoms in total. The SMILES string of the molecule is Cc1ccc(F)cc1C(=O)N1CCCC2CNCC21. The molecule has 1 aromatic carbocycles. The lowest BCUT2D eigenvalue weighted by Gasteiger charge is -2.37. The average Bonchev–Trinajstić information content (AvgIpc) is 2.89. The number of carbonyl (C=O) groups excluding carboxylic acids is 1. The topological polar surface area (TPSA) is 32.3 Å². The molecule has 3 rings (SSSR count). The minimum absolute atomic E-state index is 0.0181. The zero-order valence-electron chi connectivity index (χ0n) is 11.2. The van der Waals surface area contributed by atoms with Crippen molar-refractivity contribution in [3.05, 3.63) is 35.1 Å². The first kappa shape index (κ1) is 12.6. The van der Waals surface area contributed by atoms with Gasteiger partial charge in [-0.3, -0.25) is 4.79 Å². The molecule has 102 valence electrons. The summed E-state index contributed by atoms with van der Waals surface area (Å²) in [5, 5.41) is 3.36. The molecule has 1 aromatic rings. The van der Waals surface area contributed by atoms with Crippen molar-refractivity contribution in [2.75, 3.05) is 19.6 Å². The van der Waals surface area contributed by atoms with Crippen molar-refractivity contribution in [3.8, 4) is 0 Å². The normalized spacial score (nSPS) is 26.3. The van der Waals surface area contributed by atoms with E-state index >= 15 is 0 Å². The summed E-state index contributed by atoms with van der Waals surface area (Å²) in [6.07, 6.45) is 2.23. The fourth-order valence-electron chi connectivity index (χ4n) is 3.30. The Morgan fingerprint density at radius 1 is 1.42 bits per heavy atom. The van der Waals surface area contributed by atoms with E-state index in [1.807, 2.05) is 11.8 Å². The molecule has 2 fully saturated rings. The van der Waals surface area contributed by atoms with Gasteiger partial charge in [0.15, 0.2) is 0 Å². The van der Waals surface area contributed by atoms with E-state index in [2.05, 4.69) is 5.32 Å². The van der Waals surface area contributed by atoms with Gasteiger partial charge in [0.1, 0.15) is 5.82 Å². The van der Waals surface area contributed by atoms with Gasteiger partial charge in [0.05, 0.1) is 0 Å². The Kier molecular flexibility index (Phi) is 3.27. The number of likely N-dealkylation sites (tertiary alicyclic amines) is 1. The summed E-state index contributed by atoms with van der Waals surface area (Å²) in [7, 11) is 0. The summed E-state index contributed by atoms with van der Waals surface area (Å²) in [5.74, 6) is 0.203. The number of rotatable bonds is 1. The van der Waals surface area contributed by atoms with Gasteiger partial charge >= 0.3 is 0 Å². The van der Waals surface area contributed by atoms with Gasteiger partial charge < -0.3 is 10.2 Å². The molecule has 0 bridgehead atoms. The molecule has 0 aromatic heterocycles. The van der Waals surface area contributed by atoms with Crippen LogP contribution in [-0.4, -0.2) is 36.5 Å². The first-order chi connectivity index (χ1) is 9.16. The second kappa shape index (κ2) is 4.93. The Labute approximate surface area is 112 Å². The lowest BCUT2D eigenvalue weighted by atomic mass is 9.91. The van der Waals surface area contributed by atoms with E-state index in [-0.39, 0.29) is 17.8 Å². The van der Waals surface area contributed by atoms with Crippen molar-refractivity contribution in [2.24, 2.45) is 5.92 Å². The van der Waals surface area contributed by atoms with Crippen molar-refractivity contribution in [1.29, 1.82) is 0 Å². The maximum atomic E-state index is 13.4. The van der Waals surface area contributed by atoms with E-state index in [4.69, 9.17) is 0 Å². The monoisotopic (exact) mass is 262 g/mol. The molecule has 2 atom stereocenters. The highest BCUT2D eigenvalue weighted by molar-refractivity contribution is 5.96. The molecule has 0 saturated carbocycles. The van der Waals surface area contributed by atoms with Crippen molar-refractivity contribution >= 4 is 5.91 Å². The lowest BCUT2D eigenvalue weighted by Crippen LogP contribution is -2.48. The highest BCUT2D eigenvalue weighted by atomic mass is 19.1. The van der Waals surface area contributed by atoms with Gasteiger partial charge in [-0.25, -0.2) is 4.39 Å². The maximum absolute atomic E-state index is 13.4. The average molecular weight is 262 g/mol. The Morgan fingerprint density at radius 3 is 3.11 bits per heavy atom. The number of aryl methyl sites for hydroxylation is 1. The Bertz CT molecular complexity index is 503. The van der Waals surface area contributed by atoms with Gasteiger partial charge in [-0.1, -0.05) is 6.07 Å². The van der Waals surface area contributed by atoms with E-state index in [0.29, 0.717) is 11.5 Å². The summed E-state index contributed by atoms with van der Waals surface area (Å²) < 4.78 is 13.4. The number of hydrogen-bond acceptors (Lipinski definition) is 2. The number of carbonyl (C=O) groups is 1. The minimum atomic E-state index is -0.341. The van der Waals surface area contributed by atoms with Crippen LogP contribution in [0.4, 0.5) is 4.39 Å². The quantitative estimate of drug-likeness (QED) is 0.839. The van der Waals surface area contributed by atoms with Crippen molar-refractivity contribution < 1.29 is 9.18 Å². The minimum Gasteiger partial charge on any atom is -0.334 e. The molecular formula is C15H19FN2O. The predicted octanol–water partition coefficient (Wildman–Crippen LogP) is 1.96. The second-order valence-corrected chi connectivity index (χ2v) is 5.59. The second-order valence-electron chi connectivity index (χ2n) is 5.59. The Balaban J connectivity index is 1.88. The zero-order valence-corrected chi connectivity index (χ0v) is 11.2. The van der Waals surface area contributed by atoms with Gasteiger partial charge in [0.25, 0.3) is 5.91 Å². The lowest BCUT2D eigenvalue weighted by molar-refractivity contribution is 0.0573. The molecule has 0 spiro atoms. The largest absolute Gasteiger partial charge is 0.334 e. The summed E-state index contributed by atoms with van der Waals surface area (Å²) >= 11 is 0. The first-order valence-electron chi connectivity index (χ1n) is 6.94. The number of halogens is 1. The summed E-state index contributed by atoms with van der Waals surface area (Å²) in [6.45, 7) is 4.51. The van der Waals surface area contributed by atoms with Gasteiger partial charge in [0.2, 0.25) is 0 Å². The fourth-order valence-corrected chi connectivity index (χ4v) is 3.30. The van der Waals surface area contributed by atoms with Crippen LogP contribution in [0.15, 0.2) is 18.2 Å². The van der Waals surface area contributed by atoms with Crippen molar-refractivity contribution in [3.63, 3.8) is 0 Å². The molecular weight excluding hydrogens is 243 g/mol. The van der Waals surface area contributed by atoms with Gasteiger partial charge in [-0.05, 0) is 43.4 Å². The van der Waals surface area contributed by atoms with Crippen molar-refractivity contribution in [2.45, 2.75) is 25.8 Å². The van der Waals surface area contributed by atoms with Gasteiger partial charge in [-0.15, -0.1) is 0 Å². The standard InChI is InChI=1S/C15H19FN2O/c1-10-4-5-12(16)7-13(10)15(19)18-6-2-3-11-8-17-9-14(11)18/h4-5,7,11,14,17H,2-3,6,8-9H2,1H3. The maximum Gasteiger partial charge on any atom is 0.254 e. The highest BCUT2D eigenvalue weighted by Gasteiger charge is 2.37. The highest BCUT2D eigenvalue weighted by Crippen LogP contribution is 2.28. The van der Waals surface area contributed by atoms with Crippen LogP contribution in [0.5, 0.6) is 0 Å². The number of benzene rings is 1. The molecule has 19 heavy (non-hydrogen) atoms. The van der Waals surface area contributed by atoms with Gasteiger partial charge in [0, 0.05) is 31.2 Å². The van der Waals surface area contributed by atoms with E-state index in [0.717, 1.165) is 31.6 Å². The van der Waals surface area contributed by atoms with Crippen LogP contribution >= 0.6 is 0 Å². The number of fused-ring (bicyclic) bond motifs is 1. The van der Waals surface area contributed by atoms with Crippen LogP contribution in [0, 0.1) is 18.7 Å². The smallest absolute Gasteiger partial charge is 0.254 e. The summed E-state index contributed by atoms with van der Waals surface area (Å²) in [6, 6.07) is 4.73. The van der Waals surface area contributed by atoms with Crippen LogP contribution in [-0.2, 0) is 0 Å². The van der Waals surface area contributed by atoms with Crippen LogP contribution in [0.2, 0.25) is 0 Å². The molecule has 1 N–H and O–H groups in total. The molecule has 2 aliphatic rings. The van der Waals surface area contributed by atoms with E-state index in [9.17, 15) is 9.18 Å². The molecule has 2 heterocycles. The van der Waals surface area contributed by atoms with Gasteiger partial charge in [-0.2, -0.15) is 0 Å². The molecule has 2 unspecified atom stereocenters. The fraction of sp³-hybridized carbons (Fsp3) is 0.533. The third-order valence-electron chi connectivity index (χ3n) is 4.37. The van der Waals surface area contributed by atoms with E-state index in [1.165, 1.54) is 18.6 Å². The van der Waals surface area contributed by atoms with Crippen molar-refractivity contribution in [1.82, 2.24) is 10.2 Å². The molecule has 0 aliphatic carbocycles. The number of nitrogens with one attached hydrogen (secondary N) is 1. The number of amides is 1. The molecule has 4 heteroatoms. The Hall–Kier alpha value is -1.42. The Morgan fingerprint density at radius 2 is 2.26 bits per heavy atom. The molecule has 2 aliphatic heterocycles. The van der Waals surface area contributed by atoms with E-state index < -0.39 is 0 Å². The van der Waals surface area contributed by atoms with Crippen LogP contribution in [0.25, 0.3) is 0 Å². The van der Waals surface area contributed by atoms with Crippen LogP contribution < -0.4 is 5.32 Å². The van der Waals surface area contributed by atoms with Crippen LogP contribution in [0.1, 0.15) is 28.8 Å². The summed E-state index contributed by atoms with van der Waals surface area (Å²) in [5.41, 5.74) is 1.35. The summed E-state index contributed by atoms with van der Waals surface area (Å²) in [4.78, 5) is 14.6. The molecule has 0 radical (unpaired) electrons. The number of nitrogens with zero attached hydrogens (tertiary/aromatic N) is 1. The third-order valence-corrected chi connectivity index (χ3v) is 4.37. The third kappa shape index (κ3) is 2.25. The molecule has 2 saturated heterocycles. The van der Waals surface area contributed by atoms with Crippen LogP contribution in [0.3, 0.4) is 0 Å². The predicted molar refractivity (Wildman–Crippen MR) is 71.6 cm³/mol. The number of hydrogen-bond donors (Lipinski definition) is 1. The number of piperidine rings is 1. The zero-order chi connectivity index (χ0) is 13.4. The first-order valence-corrected chi connectivity index (χ1v) is 6.94.